The van der Waals surface area contributed by atoms with Crippen LogP contribution < -0.4 is 0 Å². The van der Waals surface area contributed by atoms with Gasteiger partial charge in [-0.05, 0) is 64.0 Å². The molecule has 0 radical (unpaired) electrons. The zero-order valence-electron chi connectivity index (χ0n) is 18.0. The molecule has 3 heteroatoms. The van der Waals surface area contributed by atoms with Crippen molar-refractivity contribution in [1.82, 2.24) is 0 Å². The molecular formula is C24H40F2O. The first-order valence-corrected chi connectivity index (χ1v) is 11.0. The van der Waals surface area contributed by atoms with E-state index < -0.39 is 11.6 Å². The van der Waals surface area contributed by atoms with Gasteiger partial charge >= 0.3 is 0 Å². The van der Waals surface area contributed by atoms with E-state index in [-0.39, 0.29) is 5.60 Å². The monoisotopic (exact) mass is 382 g/mol. The molecular weight excluding hydrogens is 342 g/mol. The number of aryl methyl sites for hydroxylation is 1. The Hall–Kier alpha value is -0.960. The number of halogens is 2. The second kappa shape index (κ2) is 13.3. The molecule has 1 rings (SSSR count). The van der Waals surface area contributed by atoms with Crippen molar-refractivity contribution >= 4 is 0 Å². The van der Waals surface area contributed by atoms with Crippen LogP contribution in [0.4, 0.5) is 8.78 Å². The van der Waals surface area contributed by atoms with Gasteiger partial charge in [-0.15, -0.1) is 0 Å². The second-order valence-corrected chi connectivity index (χ2v) is 8.27. The predicted octanol–water partition coefficient (Wildman–Crippen LogP) is 7.86. The SMILES string of the molecule is CCCCCCCCC(CCCCc1ccc(F)cc1F)C(C)(C)OCC. The van der Waals surface area contributed by atoms with E-state index in [4.69, 9.17) is 4.74 Å². The minimum Gasteiger partial charge on any atom is -0.376 e. The van der Waals surface area contributed by atoms with Crippen LogP contribution in [0, 0.1) is 17.6 Å². The maximum absolute atomic E-state index is 13.8. The lowest BCUT2D eigenvalue weighted by Gasteiger charge is -2.34. The third-order valence-corrected chi connectivity index (χ3v) is 5.67. The summed E-state index contributed by atoms with van der Waals surface area (Å²) in [6.45, 7) is 9.45. The lowest BCUT2D eigenvalue weighted by atomic mass is 9.82. The third kappa shape index (κ3) is 9.69. The molecule has 156 valence electrons. The molecule has 0 aliphatic carbocycles. The van der Waals surface area contributed by atoms with Crippen molar-refractivity contribution in [1.29, 1.82) is 0 Å². The van der Waals surface area contributed by atoms with E-state index in [0.29, 0.717) is 17.9 Å². The van der Waals surface area contributed by atoms with Crippen LogP contribution in [0.15, 0.2) is 18.2 Å². The molecule has 27 heavy (non-hydrogen) atoms. The van der Waals surface area contributed by atoms with Crippen molar-refractivity contribution in [3.63, 3.8) is 0 Å². The Morgan fingerprint density at radius 1 is 0.889 bits per heavy atom. The Balaban J connectivity index is 2.43. The summed E-state index contributed by atoms with van der Waals surface area (Å²) in [6.07, 6.45) is 12.8. The highest BCUT2D eigenvalue weighted by Crippen LogP contribution is 2.31. The molecule has 0 saturated carbocycles. The van der Waals surface area contributed by atoms with Gasteiger partial charge in [0.2, 0.25) is 0 Å². The topological polar surface area (TPSA) is 9.23 Å². The van der Waals surface area contributed by atoms with Gasteiger partial charge in [0.1, 0.15) is 11.6 Å². The van der Waals surface area contributed by atoms with Gasteiger partial charge in [0.15, 0.2) is 0 Å². The lowest BCUT2D eigenvalue weighted by Crippen LogP contribution is -2.34. The molecule has 1 aromatic rings. The molecule has 1 aromatic carbocycles. The Labute approximate surface area is 165 Å². The van der Waals surface area contributed by atoms with E-state index in [1.165, 1.54) is 51.0 Å². The van der Waals surface area contributed by atoms with E-state index in [0.717, 1.165) is 31.9 Å². The summed E-state index contributed by atoms with van der Waals surface area (Å²) < 4.78 is 32.8. The number of hydrogen-bond acceptors (Lipinski definition) is 1. The zero-order valence-corrected chi connectivity index (χ0v) is 18.0. The molecule has 1 nitrogen and oxygen atoms in total. The van der Waals surface area contributed by atoms with Crippen molar-refractivity contribution in [2.75, 3.05) is 6.61 Å². The van der Waals surface area contributed by atoms with Crippen molar-refractivity contribution in [3.05, 3.63) is 35.4 Å². The van der Waals surface area contributed by atoms with E-state index in [9.17, 15) is 8.78 Å². The minimum atomic E-state index is -0.506. The van der Waals surface area contributed by atoms with Crippen LogP contribution in [0.3, 0.4) is 0 Å². The minimum absolute atomic E-state index is 0.112. The number of ether oxygens (including phenoxy) is 1. The molecule has 0 N–H and O–H groups in total. The van der Waals surface area contributed by atoms with Crippen LogP contribution in [-0.2, 0) is 11.2 Å². The molecule has 0 fully saturated rings. The summed E-state index contributed by atoms with van der Waals surface area (Å²) in [5.74, 6) is -0.399. The van der Waals surface area contributed by atoms with Gasteiger partial charge in [0.05, 0.1) is 5.60 Å². The molecule has 0 aliphatic heterocycles. The average molecular weight is 383 g/mol. The van der Waals surface area contributed by atoms with E-state index in [1.54, 1.807) is 6.07 Å². The van der Waals surface area contributed by atoms with E-state index >= 15 is 0 Å². The normalized spacial score (nSPS) is 13.1. The van der Waals surface area contributed by atoms with Crippen LogP contribution >= 0.6 is 0 Å². The van der Waals surface area contributed by atoms with Gasteiger partial charge in [0, 0.05) is 12.7 Å². The van der Waals surface area contributed by atoms with E-state index in [1.807, 2.05) is 0 Å². The van der Waals surface area contributed by atoms with Gasteiger partial charge in [-0.2, -0.15) is 0 Å². The first-order valence-electron chi connectivity index (χ1n) is 11.0. The van der Waals surface area contributed by atoms with E-state index in [2.05, 4.69) is 27.7 Å². The Morgan fingerprint density at radius 2 is 1.52 bits per heavy atom. The summed E-state index contributed by atoms with van der Waals surface area (Å²) in [4.78, 5) is 0. The van der Waals surface area contributed by atoms with Gasteiger partial charge in [-0.1, -0.05) is 57.9 Å². The van der Waals surface area contributed by atoms with Crippen LogP contribution in [0.1, 0.15) is 97.5 Å². The van der Waals surface area contributed by atoms with Crippen LogP contribution in [-0.4, -0.2) is 12.2 Å². The fourth-order valence-corrected chi connectivity index (χ4v) is 3.93. The number of benzene rings is 1. The van der Waals surface area contributed by atoms with Gasteiger partial charge < -0.3 is 4.74 Å². The van der Waals surface area contributed by atoms with Crippen molar-refractivity contribution < 1.29 is 13.5 Å². The lowest BCUT2D eigenvalue weighted by molar-refractivity contribution is -0.0605. The maximum Gasteiger partial charge on any atom is 0.129 e. The van der Waals surface area contributed by atoms with Gasteiger partial charge in [0.25, 0.3) is 0 Å². The molecule has 1 unspecified atom stereocenters. The van der Waals surface area contributed by atoms with Crippen LogP contribution in [0.2, 0.25) is 0 Å². The molecule has 0 bridgehead atoms. The average Bonchev–Trinajstić information content (AvgIpc) is 2.61. The van der Waals surface area contributed by atoms with Crippen molar-refractivity contribution in [2.24, 2.45) is 5.92 Å². The van der Waals surface area contributed by atoms with Crippen LogP contribution in [0.5, 0.6) is 0 Å². The molecule has 0 aromatic heterocycles. The predicted molar refractivity (Wildman–Crippen MR) is 111 cm³/mol. The molecule has 0 aliphatic rings. The molecule has 0 spiro atoms. The summed E-state index contributed by atoms with van der Waals surface area (Å²) in [7, 11) is 0. The largest absolute Gasteiger partial charge is 0.376 e. The second-order valence-electron chi connectivity index (χ2n) is 8.27. The maximum atomic E-state index is 13.8. The number of unbranched alkanes of at least 4 members (excludes halogenated alkanes) is 6. The van der Waals surface area contributed by atoms with Crippen LogP contribution in [0.25, 0.3) is 0 Å². The number of rotatable bonds is 15. The summed E-state index contributed by atoms with van der Waals surface area (Å²) in [5, 5.41) is 0. The standard InChI is InChI=1S/C24H40F2O/c1-5-7-8-9-10-11-15-21(24(3,4)27-6-2)16-13-12-14-20-17-18-22(25)19-23(20)26/h17-19,21H,5-16H2,1-4H3. The smallest absolute Gasteiger partial charge is 0.129 e. The summed E-state index contributed by atoms with van der Waals surface area (Å²) in [6, 6.07) is 3.90. The van der Waals surface area contributed by atoms with Crippen molar-refractivity contribution in [3.8, 4) is 0 Å². The fraction of sp³-hybridized carbons (Fsp3) is 0.750. The molecule has 1 atom stereocenters. The first kappa shape index (κ1) is 24.1. The highest BCUT2D eigenvalue weighted by molar-refractivity contribution is 5.18. The molecule has 0 amide bonds. The molecule has 0 saturated heterocycles. The quantitative estimate of drug-likeness (QED) is 0.280. The first-order chi connectivity index (χ1) is 12.9. The summed E-state index contributed by atoms with van der Waals surface area (Å²) in [5.41, 5.74) is 0.507. The number of hydrogen-bond donors (Lipinski definition) is 0. The Kier molecular flexibility index (Phi) is 11.8. The van der Waals surface area contributed by atoms with Crippen molar-refractivity contribution in [2.45, 2.75) is 104 Å². The van der Waals surface area contributed by atoms with Gasteiger partial charge in [-0.3, -0.25) is 0 Å². The summed E-state index contributed by atoms with van der Waals surface area (Å²) >= 11 is 0. The molecule has 0 heterocycles. The fourth-order valence-electron chi connectivity index (χ4n) is 3.93. The highest BCUT2D eigenvalue weighted by atomic mass is 19.1. The Morgan fingerprint density at radius 3 is 2.15 bits per heavy atom. The Bertz CT molecular complexity index is 513. The van der Waals surface area contributed by atoms with Gasteiger partial charge in [-0.25, -0.2) is 8.78 Å². The zero-order chi connectivity index (χ0) is 20.1. The third-order valence-electron chi connectivity index (χ3n) is 5.67. The highest BCUT2D eigenvalue weighted by Gasteiger charge is 2.29.